The smallest absolute Gasteiger partial charge is 0.222 e. The fourth-order valence-corrected chi connectivity index (χ4v) is 7.43. The van der Waals surface area contributed by atoms with Gasteiger partial charge in [0.1, 0.15) is 0 Å². The van der Waals surface area contributed by atoms with E-state index >= 15 is 0 Å². The number of benzene rings is 1. The third-order valence-electron chi connectivity index (χ3n) is 13.1. The largest absolute Gasteiger partial charge is 0.389 e. The monoisotopic (exact) mass is 1060 g/mol. The van der Waals surface area contributed by atoms with Crippen LogP contribution in [-0.4, -0.2) is 54.5 Å². The zero-order valence-corrected chi connectivity index (χ0v) is 53.3. The Hall–Kier alpha value is -4.21. The first-order chi connectivity index (χ1) is 35.3. The molecule has 3 aliphatic carbocycles. The molecule has 3 aliphatic rings. The van der Waals surface area contributed by atoms with Crippen molar-refractivity contribution in [2.24, 2.45) is 47.3 Å². The second-order valence-corrected chi connectivity index (χ2v) is 24.8. The van der Waals surface area contributed by atoms with Crippen molar-refractivity contribution in [3.8, 4) is 0 Å². The number of amides is 3. The molecule has 0 saturated heterocycles. The lowest BCUT2D eigenvalue weighted by Gasteiger charge is -2.26. The molecule has 0 spiro atoms. The third kappa shape index (κ3) is 45.9. The van der Waals surface area contributed by atoms with Crippen LogP contribution in [0.15, 0.2) is 79.4 Å². The van der Waals surface area contributed by atoms with Crippen LogP contribution in [0, 0.1) is 47.3 Å². The maximum Gasteiger partial charge on any atom is 0.222 e. The Kier molecular flexibility index (Phi) is 44.8. The highest BCUT2D eigenvalue weighted by Crippen LogP contribution is 2.24. The summed E-state index contributed by atoms with van der Waals surface area (Å²) >= 11 is 0. The van der Waals surface area contributed by atoms with E-state index in [0.717, 1.165) is 36.3 Å². The van der Waals surface area contributed by atoms with E-state index in [4.69, 9.17) is 0 Å². The first kappa shape index (κ1) is 76.0. The summed E-state index contributed by atoms with van der Waals surface area (Å²) in [5, 5.41) is 22.2. The van der Waals surface area contributed by atoms with E-state index in [2.05, 4.69) is 126 Å². The summed E-state index contributed by atoms with van der Waals surface area (Å²) in [4.78, 5) is 33.1. The maximum absolute atomic E-state index is 11.2. The molecule has 0 unspecified atom stereocenters. The van der Waals surface area contributed by atoms with Crippen LogP contribution in [0.3, 0.4) is 0 Å². The fraction of sp³-hybridized carbons (Fsp3) is 0.742. The molecule has 0 heterocycles. The third-order valence-corrected chi connectivity index (χ3v) is 13.1. The summed E-state index contributed by atoms with van der Waals surface area (Å²) in [6.45, 7) is 59.3. The van der Waals surface area contributed by atoms with Gasteiger partial charge in [-0.3, -0.25) is 14.4 Å². The van der Waals surface area contributed by atoms with Crippen molar-refractivity contribution in [2.45, 2.75) is 259 Å². The normalized spacial score (nSPS) is 14.6. The molecule has 3 amide bonds. The number of hydrogen-bond donors (Lipinski definition) is 7. The van der Waals surface area contributed by atoms with Crippen molar-refractivity contribution in [3.05, 3.63) is 85.0 Å². The predicted octanol–water partition coefficient (Wildman–Crippen LogP) is 15.5. The van der Waals surface area contributed by atoms with Crippen molar-refractivity contribution < 1.29 is 14.4 Å². The maximum atomic E-state index is 11.2. The Morgan fingerprint density at radius 3 is 1.14 bits per heavy atom. The number of allylic oxidation sites excluding steroid dienone is 4. The molecule has 0 aromatic heterocycles. The lowest BCUT2D eigenvalue weighted by Crippen LogP contribution is -2.42. The second-order valence-electron chi connectivity index (χ2n) is 24.8. The molecule has 0 aliphatic heterocycles. The summed E-state index contributed by atoms with van der Waals surface area (Å²) in [6.07, 6.45) is 19.5. The average Bonchev–Trinajstić information content (AvgIpc) is 3.87. The molecule has 0 atom stereocenters. The highest BCUT2D eigenvalue weighted by Gasteiger charge is 2.18. The van der Waals surface area contributed by atoms with Gasteiger partial charge in [-0.05, 0) is 115 Å². The summed E-state index contributed by atoms with van der Waals surface area (Å²) in [5.74, 6) is 3.79. The van der Waals surface area contributed by atoms with Crippen LogP contribution in [0.2, 0.25) is 0 Å². The Labute approximate surface area is 471 Å². The quantitative estimate of drug-likeness (QED) is 0.0733. The zero-order valence-electron chi connectivity index (χ0n) is 53.3. The van der Waals surface area contributed by atoms with Crippen LogP contribution in [0.5, 0.6) is 0 Å². The summed E-state index contributed by atoms with van der Waals surface area (Å²) in [7, 11) is 0. The molecule has 1 aromatic rings. The van der Waals surface area contributed by atoms with Crippen LogP contribution in [0.25, 0.3) is 0 Å². The van der Waals surface area contributed by atoms with Crippen LogP contribution in [-0.2, 0) is 20.9 Å². The van der Waals surface area contributed by atoms with Crippen molar-refractivity contribution in [1.29, 1.82) is 0 Å². The lowest BCUT2D eigenvalue weighted by atomic mass is 9.89. The van der Waals surface area contributed by atoms with E-state index in [1.165, 1.54) is 107 Å². The molecule has 3 fully saturated rings. The minimum atomic E-state index is -0.0959. The van der Waals surface area contributed by atoms with E-state index in [0.29, 0.717) is 36.3 Å². The van der Waals surface area contributed by atoms with Crippen LogP contribution in [0.1, 0.15) is 234 Å². The van der Waals surface area contributed by atoms with Crippen LogP contribution >= 0.6 is 0 Å². The standard InChI is InChI=1S/C12H23N.C11H15NO.C11H21N.C10H19N.C8H17NO.C7H15NO.C7H15N/c1-10(2)11(3)13-9-12-7-5-4-6-8-12;1-9(2)11(13)12-8-10-6-4-3-5-7-10;1-9(2)10(3)12-11-7-5-4-6-8-11;1-8(2)9(3)11-10-6-4-5-7-10;1-6(2)7(10)9-8(3,4)5;1-5(2)7(9)8-6(3)4;1-5-8-7(4)6(2)3/h10,12-13H,3-9H2,1-2H3;3-7,9H,8H2,1-2H3,(H,12,13);9,11-12H,3-8H2,1-2H3;8,10-11H,3-7H2,1-2H3;6H,1-5H3,(H,9,10);5-6H,1-4H3,(H,8,9);6,8H,4-5H2,1-3H3. The SMILES string of the molecule is C=C(NC1CCCC1)C(C)C.C=C(NC1CCCCC1)C(C)C.C=C(NCC)C(C)C.C=C(NCC1CCCCC1)C(C)C.CC(C)C(=O)NC(C)(C)C.CC(C)C(=O)NCc1ccccc1.CC(C)NC(=O)C(C)C. The van der Waals surface area contributed by atoms with Crippen molar-refractivity contribution in [3.63, 3.8) is 0 Å². The fourth-order valence-electron chi connectivity index (χ4n) is 7.43. The summed E-state index contributed by atoms with van der Waals surface area (Å²) < 4.78 is 0. The number of hydrogen-bond acceptors (Lipinski definition) is 7. The Morgan fingerprint density at radius 1 is 0.474 bits per heavy atom. The second kappa shape index (κ2) is 44.7. The van der Waals surface area contributed by atoms with E-state index in [9.17, 15) is 14.4 Å². The Balaban J connectivity index is -0.000000824. The van der Waals surface area contributed by atoms with Crippen molar-refractivity contribution in [1.82, 2.24) is 37.2 Å². The van der Waals surface area contributed by atoms with Gasteiger partial charge >= 0.3 is 0 Å². The molecule has 7 N–H and O–H groups in total. The number of carbonyl (C=O) groups excluding carboxylic acids is 3. The van der Waals surface area contributed by atoms with Crippen molar-refractivity contribution >= 4 is 17.7 Å². The van der Waals surface area contributed by atoms with Crippen molar-refractivity contribution in [2.75, 3.05) is 13.1 Å². The molecular weight excluding hydrogens is 939 g/mol. The average molecular weight is 1060 g/mol. The molecule has 442 valence electrons. The molecule has 0 radical (unpaired) electrons. The Morgan fingerprint density at radius 2 is 0.842 bits per heavy atom. The van der Waals surface area contributed by atoms with Gasteiger partial charge in [-0.1, -0.05) is 205 Å². The van der Waals surface area contributed by atoms with Gasteiger partial charge in [-0.25, -0.2) is 0 Å². The van der Waals surface area contributed by atoms with Crippen LogP contribution in [0.4, 0.5) is 0 Å². The van der Waals surface area contributed by atoms with Gasteiger partial charge in [-0.2, -0.15) is 0 Å². The van der Waals surface area contributed by atoms with Gasteiger partial charge in [0.25, 0.3) is 0 Å². The summed E-state index contributed by atoms with van der Waals surface area (Å²) in [5.41, 5.74) is 5.79. The van der Waals surface area contributed by atoms with Gasteiger partial charge < -0.3 is 37.2 Å². The van der Waals surface area contributed by atoms with E-state index < -0.39 is 0 Å². The van der Waals surface area contributed by atoms with Crippen LogP contribution < -0.4 is 37.2 Å². The van der Waals surface area contributed by atoms with Gasteiger partial charge in [0.15, 0.2) is 0 Å². The van der Waals surface area contributed by atoms with E-state index in [1.54, 1.807) is 0 Å². The predicted molar refractivity (Wildman–Crippen MR) is 334 cm³/mol. The number of nitrogens with one attached hydrogen (secondary N) is 7. The first-order valence-corrected chi connectivity index (χ1v) is 30.0. The highest BCUT2D eigenvalue weighted by molar-refractivity contribution is 5.79. The molecule has 10 heteroatoms. The van der Waals surface area contributed by atoms with Gasteiger partial charge in [0.05, 0.1) is 0 Å². The molecule has 10 nitrogen and oxygen atoms in total. The lowest BCUT2D eigenvalue weighted by molar-refractivity contribution is -0.125. The Bertz CT molecular complexity index is 1670. The molecule has 76 heavy (non-hydrogen) atoms. The minimum Gasteiger partial charge on any atom is -0.389 e. The number of rotatable bonds is 19. The molecule has 4 rings (SSSR count). The highest BCUT2D eigenvalue weighted by atomic mass is 16.2. The van der Waals surface area contributed by atoms with E-state index in [-0.39, 0.29) is 47.1 Å². The van der Waals surface area contributed by atoms with Gasteiger partial charge in [-0.15, -0.1) is 0 Å². The molecular formula is C66H125N7O3. The minimum absolute atomic E-state index is 0.0590. The molecule has 1 aromatic carbocycles. The first-order valence-electron chi connectivity index (χ1n) is 30.0. The zero-order chi connectivity index (χ0) is 59.0. The molecule has 3 saturated carbocycles. The number of carbonyl (C=O) groups is 3. The molecule has 0 bridgehead atoms. The topological polar surface area (TPSA) is 135 Å². The van der Waals surface area contributed by atoms with Gasteiger partial charge in [0, 0.05) is 83.8 Å². The van der Waals surface area contributed by atoms with Gasteiger partial charge in [0.2, 0.25) is 17.7 Å². The summed E-state index contributed by atoms with van der Waals surface area (Å²) in [6, 6.07) is 11.6. The van der Waals surface area contributed by atoms with E-state index in [1.807, 2.05) is 106 Å².